The molecule has 0 spiro atoms. The second-order valence-electron chi connectivity index (χ2n) is 4.90. The molecule has 0 saturated carbocycles. The van der Waals surface area contributed by atoms with Crippen LogP contribution in [-0.2, 0) is 6.54 Å². The highest BCUT2D eigenvalue weighted by molar-refractivity contribution is 5.49. The van der Waals surface area contributed by atoms with Crippen molar-refractivity contribution in [1.82, 2.24) is 0 Å². The molecule has 1 N–H and O–H groups in total. The number of nitrogens with one attached hydrogen (secondary N) is 1. The fraction of sp³-hybridized carbons (Fsp3) is 0.250. The number of hydrogen-bond donors (Lipinski definition) is 1. The van der Waals surface area contributed by atoms with E-state index in [1.807, 2.05) is 27.1 Å². The summed E-state index contributed by atoms with van der Waals surface area (Å²) >= 11 is 0. The molecule has 100 valence electrons. The minimum absolute atomic E-state index is 0.204. The second-order valence-corrected chi connectivity index (χ2v) is 4.90. The molecule has 0 bridgehead atoms. The Hall–Kier alpha value is -2.03. The number of halogens is 1. The molecular weight excluding hydrogens is 239 g/mol. The first kappa shape index (κ1) is 13.4. The molecule has 2 aromatic rings. The highest BCUT2D eigenvalue weighted by Crippen LogP contribution is 2.17. The van der Waals surface area contributed by atoms with Crippen molar-refractivity contribution in [2.45, 2.75) is 13.5 Å². The van der Waals surface area contributed by atoms with Crippen molar-refractivity contribution >= 4 is 11.4 Å². The molecule has 0 heterocycles. The smallest absolute Gasteiger partial charge is 0.146 e. The SMILES string of the molecule is Cc1ccc(NCc2ccc(N(C)C)cc2)c(F)c1. The zero-order valence-corrected chi connectivity index (χ0v) is 11.6. The lowest BCUT2D eigenvalue weighted by atomic mass is 10.2. The molecule has 0 unspecified atom stereocenters. The van der Waals surface area contributed by atoms with Crippen LogP contribution in [0.2, 0.25) is 0 Å². The van der Waals surface area contributed by atoms with Crippen molar-refractivity contribution in [2.24, 2.45) is 0 Å². The van der Waals surface area contributed by atoms with Crippen LogP contribution >= 0.6 is 0 Å². The Kier molecular flexibility index (Phi) is 4.05. The molecule has 0 aliphatic rings. The van der Waals surface area contributed by atoms with Gasteiger partial charge in [0.1, 0.15) is 5.82 Å². The number of anilines is 2. The van der Waals surface area contributed by atoms with E-state index in [0.717, 1.165) is 16.8 Å². The summed E-state index contributed by atoms with van der Waals surface area (Å²) in [7, 11) is 4.02. The quantitative estimate of drug-likeness (QED) is 0.897. The van der Waals surface area contributed by atoms with E-state index in [0.29, 0.717) is 12.2 Å². The van der Waals surface area contributed by atoms with E-state index < -0.39 is 0 Å². The Morgan fingerprint density at radius 2 is 1.74 bits per heavy atom. The highest BCUT2D eigenvalue weighted by Gasteiger charge is 2.02. The first-order chi connectivity index (χ1) is 9.06. The van der Waals surface area contributed by atoms with Gasteiger partial charge < -0.3 is 10.2 Å². The molecule has 0 saturated heterocycles. The fourth-order valence-electron chi connectivity index (χ4n) is 1.87. The van der Waals surface area contributed by atoms with Gasteiger partial charge in [-0.3, -0.25) is 0 Å². The number of benzene rings is 2. The predicted molar refractivity (Wildman–Crippen MR) is 79.2 cm³/mol. The van der Waals surface area contributed by atoms with Gasteiger partial charge in [0.15, 0.2) is 0 Å². The van der Waals surface area contributed by atoms with E-state index in [1.165, 1.54) is 6.07 Å². The third-order valence-corrected chi connectivity index (χ3v) is 3.06. The minimum Gasteiger partial charge on any atom is -0.379 e. The van der Waals surface area contributed by atoms with Gasteiger partial charge in [-0.15, -0.1) is 0 Å². The van der Waals surface area contributed by atoms with Crippen LogP contribution in [0.15, 0.2) is 42.5 Å². The molecule has 19 heavy (non-hydrogen) atoms. The zero-order valence-electron chi connectivity index (χ0n) is 11.6. The third-order valence-electron chi connectivity index (χ3n) is 3.06. The van der Waals surface area contributed by atoms with E-state index in [1.54, 1.807) is 6.07 Å². The van der Waals surface area contributed by atoms with Gasteiger partial charge in [-0.25, -0.2) is 4.39 Å². The summed E-state index contributed by atoms with van der Waals surface area (Å²) in [4.78, 5) is 2.05. The van der Waals surface area contributed by atoms with E-state index in [2.05, 4.69) is 34.5 Å². The Morgan fingerprint density at radius 1 is 1.05 bits per heavy atom. The molecule has 0 aliphatic heterocycles. The van der Waals surface area contributed by atoms with E-state index in [-0.39, 0.29) is 5.82 Å². The average molecular weight is 258 g/mol. The van der Waals surface area contributed by atoms with Gasteiger partial charge in [0.2, 0.25) is 0 Å². The molecular formula is C16H19FN2. The van der Waals surface area contributed by atoms with Gasteiger partial charge in [0.25, 0.3) is 0 Å². The molecule has 2 aromatic carbocycles. The van der Waals surface area contributed by atoms with Crippen molar-refractivity contribution < 1.29 is 4.39 Å². The standard InChI is InChI=1S/C16H19FN2/c1-12-4-9-16(15(17)10-12)18-11-13-5-7-14(8-6-13)19(2)3/h4-10,18H,11H2,1-3H3. The molecule has 0 amide bonds. The topological polar surface area (TPSA) is 15.3 Å². The second kappa shape index (κ2) is 5.74. The number of nitrogens with zero attached hydrogens (tertiary/aromatic N) is 1. The zero-order chi connectivity index (χ0) is 13.8. The van der Waals surface area contributed by atoms with Crippen LogP contribution in [0.1, 0.15) is 11.1 Å². The summed E-state index contributed by atoms with van der Waals surface area (Å²) in [6.45, 7) is 2.50. The molecule has 0 radical (unpaired) electrons. The van der Waals surface area contributed by atoms with Gasteiger partial charge in [0, 0.05) is 26.3 Å². The molecule has 3 heteroatoms. The highest BCUT2D eigenvalue weighted by atomic mass is 19.1. The van der Waals surface area contributed by atoms with Gasteiger partial charge in [-0.1, -0.05) is 18.2 Å². The lowest BCUT2D eigenvalue weighted by Gasteiger charge is -2.13. The van der Waals surface area contributed by atoms with Crippen LogP contribution in [0.5, 0.6) is 0 Å². The van der Waals surface area contributed by atoms with Crippen molar-refractivity contribution in [3.8, 4) is 0 Å². The van der Waals surface area contributed by atoms with Gasteiger partial charge in [-0.05, 0) is 42.3 Å². The van der Waals surface area contributed by atoms with Crippen LogP contribution in [0.3, 0.4) is 0 Å². The summed E-state index contributed by atoms with van der Waals surface area (Å²) in [5.41, 5.74) is 3.76. The normalized spacial score (nSPS) is 10.3. The molecule has 0 atom stereocenters. The van der Waals surface area contributed by atoms with Gasteiger partial charge in [-0.2, -0.15) is 0 Å². The van der Waals surface area contributed by atoms with E-state index >= 15 is 0 Å². The summed E-state index contributed by atoms with van der Waals surface area (Å²) < 4.78 is 13.7. The van der Waals surface area contributed by atoms with Crippen molar-refractivity contribution in [3.63, 3.8) is 0 Å². The molecule has 0 aromatic heterocycles. The van der Waals surface area contributed by atoms with Gasteiger partial charge >= 0.3 is 0 Å². The predicted octanol–water partition coefficient (Wildman–Crippen LogP) is 3.81. The number of rotatable bonds is 4. The molecule has 2 rings (SSSR count). The summed E-state index contributed by atoms with van der Waals surface area (Å²) in [6, 6.07) is 13.4. The summed E-state index contributed by atoms with van der Waals surface area (Å²) in [6.07, 6.45) is 0. The number of hydrogen-bond acceptors (Lipinski definition) is 2. The van der Waals surface area contributed by atoms with Crippen LogP contribution < -0.4 is 10.2 Å². The summed E-state index contributed by atoms with van der Waals surface area (Å²) in [5.74, 6) is -0.204. The van der Waals surface area contributed by atoms with Crippen molar-refractivity contribution in [3.05, 3.63) is 59.4 Å². The lowest BCUT2D eigenvalue weighted by molar-refractivity contribution is 0.629. The first-order valence-electron chi connectivity index (χ1n) is 6.32. The lowest BCUT2D eigenvalue weighted by Crippen LogP contribution is -2.08. The molecule has 0 aliphatic carbocycles. The summed E-state index contributed by atoms with van der Waals surface area (Å²) in [5, 5.41) is 3.12. The van der Waals surface area contributed by atoms with Crippen LogP contribution in [0.4, 0.5) is 15.8 Å². The fourth-order valence-corrected chi connectivity index (χ4v) is 1.87. The Morgan fingerprint density at radius 3 is 2.32 bits per heavy atom. The Balaban J connectivity index is 2.02. The van der Waals surface area contributed by atoms with E-state index in [4.69, 9.17) is 0 Å². The Bertz CT molecular complexity index is 547. The Labute approximate surface area is 113 Å². The van der Waals surface area contributed by atoms with E-state index in [9.17, 15) is 4.39 Å². The number of aryl methyl sites for hydroxylation is 1. The largest absolute Gasteiger partial charge is 0.379 e. The van der Waals surface area contributed by atoms with Crippen LogP contribution in [-0.4, -0.2) is 14.1 Å². The first-order valence-corrected chi connectivity index (χ1v) is 6.32. The van der Waals surface area contributed by atoms with Crippen molar-refractivity contribution in [2.75, 3.05) is 24.3 Å². The van der Waals surface area contributed by atoms with Crippen molar-refractivity contribution in [1.29, 1.82) is 0 Å². The monoisotopic (exact) mass is 258 g/mol. The molecule has 2 nitrogen and oxygen atoms in total. The third kappa shape index (κ3) is 3.47. The minimum atomic E-state index is -0.204. The maximum Gasteiger partial charge on any atom is 0.146 e. The van der Waals surface area contributed by atoms with Gasteiger partial charge in [0.05, 0.1) is 5.69 Å². The van der Waals surface area contributed by atoms with Crippen LogP contribution in [0, 0.1) is 12.7 Å². The van der Waals surface area contributed by atoms with Crippen LogP contribution in [0.25, 0.3) is 0 Å². The maximum atomic E-state index is 13.7. The molecule has 0 fully saturated rings. The maximum absolute atomic E-state index is 13.7. The average Bonchev–Trinajstić information content (AvgIpc) is 2.38.